The fraction of sp³-hybridized carbons (Fsp3) is 0.143. The average molecular weight is 548 g/mol. The minimum atomic E-state index is -1.22. The number of primary amides is 1. The van der Waals surface area contributed by atoms with E-state index in [1.165, 1.54) is 41.3 Å². The Hall–Kier alpha value is -4.77. The topological polar surface area (TPSA) is 152 Å². The van der Waals surface area contributed by atoms with E-state index in [-0.39, 0.29) is 28.6 Å². The number of nitrogens with zero attached hydrogens (tertiary/aromatic N) is 2. The first-order chi connectivity index (χ1) is 18.6. The molecule has 1 heterocycles. The van der Waals surface area contributed by atoms with Gasteiger partial charge in [0.15, 0.2) is 5.69 Å². The van der Waals surface area contributed by atoms with Crippen LogP contribution in [0.15, 0.2) is 66.7 Å². The van der Waals surface area contributed by atoms with Crippen molar-refractivity contribution in [1.82, 2.24) is 9.69 Å². The standard InChI is InChI=1S/C28H26FN5O4S/c1-15-3-10-20(13-16(15)2)34(28(38)25-22(30)23(26(31)36)33-39-25)24(18-6-11-21(35)12-7-18)27(37)32-14-17-4-8-19(29)9-5-17/h3-13,24,35H,14,30H2,1-2H3,(H2,31,36)(H,32,37)/t24-/m0/s1. The highest BCUT2D eigenvalue weighted by atomic mass is 32.1. The molecule has 4 rings (SSSR count). The van der Waals surface area contributed by atoms with Crippen molar-refractivity contribution >= 4 is 40.6 Å². The van der Waals surface area contributed by atoms with Crippen LogP contribution in [0.3, 0.4) is 0 Å². The number of aromatic hydroxyl groups is 1. The zero-order chi connectivity index (χ0) is 28.3. The molecule has 0 unspecified atom stereocenters. The molecule has 0 bridgehead atoms. The molecule has 0 aliphatic rings. The van der Waals surface area contributed by atoms with Gasteiger partial charge < -0.3 is 21.9 Å². The third-order valence-electron chi connectivity index (χ3n) is 6.24. The van der Waals surface area contributed by atoms with Gasteiger partial charge in [0.2, 0.25) is 5.91 Å². The molecule has 6 N–H and O–H groups in total. The molecular weight excluding hydrogens is 521 g/mol. The molecule has 200 valence electrons. The smallest absolute Gasteiger partial charge is 0.273 e. The van der Waals surface area contributed by atoms with Crippen LogP contribution < -0.4 is 21.7 Å². The summed E-state index contributed by atoms with van der Waals surface area (Å²) < 4.78 is 17.3. The summed E-state index contributed by atoms with van der Waals surface area (Å²) in [6, 6.07) is 15.6. The number of anilines is 2. The van der Waals surface area contributed by atoms with Gasteiger partial charge >= 0.3 is 0 Å². The summed E-state index contributed by atoms with van der Waals surface area (Å²) in [5.74, 6) is -2.53. The summed E-state index contributed by atoms with van der Waals surface area (Å²) in [6.45, 7) is 3.85. The average Bonchev–Trinajstić information content (AvgIpc) is 3.30. The van der Waals surface area contributed by atoms with Gasteiger partial charge in [0, 0.05) is 12.2 Å². The van der Waals surface area contributed by atoms with Crippen LogP contribution >= 0.6 is 11.5 Å². The van der Waals surface area contributed by atoms with E-state index >= 15 is 0 Å². The van der Waals surface area contributed by atoms with Gasteiger partial charge in [0.25, 0.3) is 11.8 Å². The SMILES string of the molecule is Cc1ccc(N(C(=O)c2snc(C(N)=O)c2N)[C@H](C(=O)NCc2ccc(F)cc2)c2ccc(O)cc2)cc1C. The van der Waals surface area contributed by atoms with Gasteiger partial charge in [0.05, 0.1) is 5.69 Å². The second-order valence-corrected chi connectivity index (χ2v) is 9.69. The number of carbonyl (C=O) groups is 3. The van der Waals surface area contributed by atoms with Crippen molar-refractivity contribution in [1.29, 1.82) is 0 Å². The zero-order valence-electron chi connectivity index (χ0n) is 21.1. The maximum absolute atomic E-state index is 14.1. The second-order valence-electron chi connectivity index (χ2n) is 8.92. The Morgan fingerprint density at radius 3 is 2.28 bits per heavy atom. The van der Waals surface area contributed by atoms with Crippen molar-refractivity contribution in [2.24, 2.45) is 5.73 Å². The molecule has 1 atom stereocenters. The van der Waals surface area contributed by atoms with Gasteiger partial charge in [-0.3, -0.25) is 19.3 Å². The Kier molecular flexibility index (Phi) is 7.91. The van der Waals surface area contributed by atoms with Crippen LogP contribution in [0.4, 0.5) is 15.8 Å². The van der Waals surface area contributed by atoms with Crippen LogP contribution in [0.25, 0.3) is 0 Å². The maximum Gasteiger partial charge on any atom is 0.273 e. The number of amides is 3. The van der Waals surface area contributed by atoms with Crippen LogP contribution in [-0.2, 0) is 11.3 Å². The number of nitrogens with one attached hydrogen (secondary N) is 1. The highest BCUT2D eigenvalue weighted by molar-refractivity contribution is 7.09. The highest BCUT2D eigenvalue weighted by Gasteiger charge is 2.36. The third-order valence-corrected chi connectivity index (χ3v) is 7.09. The van der Waals surface area contributed by atoms with Gasteiger partial charge in [-0.2, -0.15) is 4.37 Å². The lowest BCUT2D eigenvalue weighted by Crippen LogP contribution is -2.44. The van der Waals surface area contributed by atoms with E-state index in [4.69, 9.17) is 11.5 Å². The Balaban J connectivity index is 1.83. The molecule has 0 radical (unpaired) electrons. The van der Waals surface area contributed by atoms with E-state index < -0.39 is 29.6 Å². The summed E-state index contributed by atoms with van der Waals surface area (Å²) in [4.78, 5) is 40.9. The lowest BCUT2D eigenvalue weighted by atomic mass is 10.0. The molecular formula is C28H26FN5O4S. The van der Waals surface area contributed by atoms with Crippen LogP contribution in [0.5, 0.6) is 5.75 Å². The number of rotatable bonds is 8. The monoisotopic (exact) mass is 547 g/mol. The molecule has 9 nitrogen and oxygen atoms in total. The number of phenolic OH excluding ortho intramolecular Hbond substituents is 1. The molecule has 0 fully saturated rings. The number of benzene rings is 3. The van der Waals surface area contributed by atoms with Crippen molar-refractivity contribution < 1.29 is 23.9 Å². The van der Waals surface area contributed by atoms with E-state index in [1.807, 2.05) is 19.9 Å². The molecule has 0 spiro atoms. The van der Waals surface area contributed by atoms with Gasteiger partial charge in [-0.05, 0) is 84.0 Å². The predicted molar refractivity (Wildman–Crippen MR) is 147 cm³/mol. The van der Waals surface area contributed by atoms with Gasteiger partial charge in [-0.25, -0.2) is 4.39 Å². The molecule has 4 aromatic rings. The first-order valence-electron chi connectivity index (χ1n) is 11.8. The molecule has 3 aromatic carbocycles. The van der Waals surface area contributed by atoms with Crippen LogP contribution in [0.2, 0.25) is 0 Å². The summed E-state index contributed by atoms with van der Waals surface area (Å²) in [6.07, 6.45) is 0. The molecule has 0 saturated carbocycles. The number of nitrogens with two attached hydrogens (primary N) is 2. The predicted octanol–water partition coefficient (Wildman–Crippen LogP) is 3.99. The summed E-state index contributed by atoms with van der Waals surface area (Å²) >= 11 is 0.707. The summed E-state index contributed by atoms with van der Waals surface area (Å²) in [5, 5.41) is 12.7. The summed E-state index contributed by atoms with van der Waals surface area (Å²) in [7, 11) is 0. The second kappa shape index (κ2) is 11.3. The molecule has 11 heteroatoms. The number of aromatic nitrogens is 1. The van der Waals surface area contributed by atoms with E-state index in [2.05, 4.69) is 9.69 Å². The van der Waals surface area contributed by atoms with Crippen molar-refractivity contribution in [3.8, 4) is 5.75 Å². The molecule has 3 amide bonds. The number of aryl methyl sites for hydroxylation is 2. The van der Waals surface area contributed by atoms with Crippen molar-refractivity contribution in [3.63, 3.8) is 0 Å². The number of phenols is 1. The molecule has 39 heavy (non-hydrogen) atoms. The fourth-order valence-electron chi connectivity index (χ4n) is 3.96. The zero-order valence-corrected chi connectivity index (χ0v) is 22.0. The van der Waals surface area contributed by atoms with Gasteiger partial charge in [-0.1, -0.05) is 30.3 Å². The number of halogens is 1. The first kappa shape index (κ1) is 27.3. The number of hydrogen-bond acceptors (Lipinski definition) is 7. The third kappa shape index (κ3) is 5.88. The number of carbonyl (C=O) groups excluding carboxylic acids is 3. The Morgan fingerprint density at radius 1 is 1.03 bits per heavy atom. The lowest BCUT2D eigenvalue weighted by Gasteiger charge is -2.31. The Bertz CT molecular complexity index is 1540. The molecule has 0 aliphatic carbocycles. The van der Waals surface area contributed by atoms with Crippen LogP contribution in [0.1, 0.15) is 48.5 Å². The van der Waals surface area contributed by atoms with E-state index in [1.54, 1.807) is 24.3 Å². The van der Waals surface area contributed by atoms with Gasteiger partial charge in [-0.15, -0.1) is 0 Å². The largest absolute Gasteiger partial charge is 0.508 e. The molecule has 1 aromatic heterocycles. The van der Waals surface area contributed by atoms with Gasteiger partial charge in [0.1, 0.15) is 22.5 Å². The number of nitrogen functional groups attached to an aromatic ring is 1. The quantitative estimate of drug-likeness (QED) is 0.262. The van der Waals surface area contributed by atoms with Crippen LogP contribution in [0, 0.1) is 19.7 Å². The lowest BCUT2D eigenvalue weighted by molar-refractivity contribution is -0.122. The Labute approximate surface area is 228 Å². The van der Waals surface area contributed by atoms with Crippen molar-refractivity contribution in [2.45, 2.75) is 26.4 Å². The van der Waals surface area contributed by atoms with Crippen molar-refractivity contribution in [2.75, 3.05) is 10.6 Å². The molecule has 0 aliphatic heterocycles. The minimum absolute atomic E-state index is 0.0221. The fourth-order valence-corrected chi connectivity index (χ4v) is 4.70. The van der Waals surface area contributed by atoms with E-state index in [9.17, 15) is 23.9 Å². The highest BCUT2D eigenvalue weighted by Crippen LogP contribution is 2.34. The van der Waals surface area contributed by atoms with Crippen LogP contribution in [-0.4, -0.2) is 27.2 Å². The van der Waals surface area contributed by atoms with E-state index in [0.29, 0.717) is 28.3 Å². The minimum Gasteiger partial charge on any atom is -0.508 e. The molecule has 0 saturated heterocycles. The Morgan fingerprint density at radius 2 is 1.69 bits per heavy atom. The van der Waals surface area contributed by atoms with Crippen molar-refractivity contribution in [3.05, 3.63) is 105 Å². The van der Waals surface area contributed by atoms with E-state index in [0.717, 1.165) is 11.1 Å². The first-order valence-corrected chi connectivity index (χ1v) is 12.6. The normalized spacial score (nSPS) is 11.6. The number of hydrogen-bond donors (Lipinski definition) is 4. The summed E-state index contributed by atoms with van der Waals surface area (Å²) in [5.41, 5.74) is 14.3. The maximum atomic E-state index is 14.1.